The van der Waals surface area contributed by atoms with Crippen LogP contribution < -0.4 is 0 Å². The van der Waals surface area contributed by atoms with Gasteiger partial charge in [-0.05, 0) is 37.5 Å². The minimum Gasteiger partial charge on any atom is -0.481 e. The van der Waals surface area contributed by atoms with Gasteiger partial charge in [0.1, 0.15) is 0 Å². The van der Waals surface area contributed by atoms with Gasteiger partial charge in [0.05, 0.1) is 5.92 Å². The van der Waals surface area contributed by atoms with E-state index in [1.807, 2.05) is 4.90 Å². The number of carbonyl (C=O) groups is 2. The maximum atomic E-state index is 12.4. The molecule has 0 aromatic rings. The quantitative estimate of drug-likeness (QED) is 0.755. The summed E-state index contributed by atoms with van der Waals surface area (Å²) in [6, 6.07) is 0. The van der Waals surface area contributed by atoms with Crippen molar-refractivity contribution in [3.8, 4) is 0 Å². The standard InChI is InChI=1S/C14H19NO3/c16-13(12-8-9-1-2-11(12)7-9)15-5-3-10(4-6-15)14(17)18/h1-2,9-12H,3-8H2,(H,17,18). The second-order valence-corrected chi connectivity index (χ2v) is 5.82. The normalized spacial score (nSPS) is 35.1. The first kappa shape index (κ1) is 11.8. The Morgan fingerprint density at radius 3 is 2.33 bits per heavy atom. The number of hydrogen-bond acceptors (Lipinski definition) is 2. The molecule has 2 aliphatic carbocycles. The van der Waals surface area contributed by atoms with Gasteiger partial charge >= 0.3 is 5.97 Å². The highest BCUT2D eigenvalue weighted by molar-refractivity contribution is 5.80. The summed E-state index contributed by atoms with van der Waals surface area (Å²) in [6.07, 6.45) is 7.79. The lowest BCUT2D eigenvalue weighted by Crippen LogP contribution is -2.43. The van der Waals surface area contributed by atoms with Crippen LogP contribution in [0.3, 0.4) is 0 Å². The van der Waals surface area contributed by atoms with Crippen LogP contribution in [-0.4, -0.2) is 35.0 Å². The fourth-order valence-corrected chi connectivity index (χ4v) is 3.65. The minimum absolute atomic E-state index is 0.168. The number of nitrogens with zero attached hydrogens (tertiary/aromatic N) is 1. The van der Waals surface area contributed by atoms with Crippen LogP contribution in [0.2, 0.25) is 0 Å². The smallest absolute Gasteiger partial charge is 0.306 e. The van der Waals surface area contributed by atoms with Gasteiger partial charge in [-0.25, -0.2) is 0 Å². The van der Waals surface area contributed by atoms with E-state index in [4.69, 9.17) is 5.11 Å². The highest BCUT2D eigenvalue weighted by Crippen LogP contribution is 2.44. The number of hydrogen-bond donors (Lipinski definition) is 1. The highest BCUT2D eigenvalue weighted by atomic mass is 16.4. The molecule has 1 amide bonds. The largest absolute Gasteiger partial charge is 0.481 e. The van der Waals surface area contributed by atoms with E-state index in [0.29, 0.717) is 37.8 Å². The minimum atomic E-state index is -0.718. The average Bonchev–Trinajstić information content (AvgIpc) is 3.00. The van der Waals surface area contributed by atoms with Crippen LogP contribution in [0.25, 0.3) is 0 Å². The Kier molecular flexibility index (Phi) is 2.88. The monoisotopic (exact) mass is 249 g/mol. The first-order valence-electron chi connectivity index (χ1n) is 6.85. The third-order valence-corrected chi connectivity index (χ3v) is 4.75. The molecule has 1 aliphatic heterocycles. The summed E-state index contributed by atoms with van der Waals surface area (Å²) in [4.78, 5) is 25.2. The van der Waals surface area contributed by atoms with Crippen LogP contribution in [0.4, 0.5) is 0 Å². The number of aliphatic carboxylic acids is 1. The van der Waals surface area contributed by atoms with E-state index >= 15 is 0 Å². The Morgan fingerprint density at radius 1 is 1.11 bits per heavy atom. The van der Waals surface area contributed by atoms with Gasteiger partial charge in [0, 0.05) is 19.0 Å². The molecular weight excluding hydrogens is 230 g/mol. The van der Waals surface area contributed by atoms with Crippen molar-refractivity contribution in [1.82, 2.24) is 4.90 Å². The lowest BCUT2D eigenvalue weighted by molar-refractivity contribution is -0.147. The van der Waals surface area contributed by atoms with Crippen molar-refractivity contribution >= 4 is 11.9 Å². The number of fused-ring (bicyclic) bond motifs is 2. The summed E-state index contributed by atoms with van der Waals surface area (Å²) >= 11 is 0. The fraction of sp³-hybridized carbons (Fsp3) is 0.714. The van der Waals surface area contributed by atoms with Crippen molar-refractivity contribution in [1.29, 1.82) is 0 Å². The molecular formula is C14H19NO3. The summed E-state index contributed by atoms with van der Waals surface area (Å²) < 4.78 is 0. The summed E-state index contributed by atoms with van der Waals surface area (Å²) in [5, 5.41) is 8.95. The van der Waals surface area contributed by atoms with Gasteiger partial charge in [-0.1, -0.05) is 12.2 Å². The number of likely N-dealkylation sites (tertiary alicyclic amines) is 1. The van der Waals surface area contributed by atoms with Gasteiger partial charge in [-0.15, -0.1) is 0 Å². The van der Waals surface area contributed by atoms with Gasteiger partial charge in [0.25, 0.3) is 0 Å². The SMILES string of the molecule is O=C(O)C1CCN(C(=O)C2CC3C=CC2C3)CC1. The van der Waals surface area contributed by atoms with E-state index in [1.54, 1.807) is 0 Å². The zero-order valence-electron chi connectivity index (χ0n) is 10.4. The number of amides is 1. The molecule has 2 fully saturated rings. The fourth-order valence-electron chi connectivity index (χ4n) is 3.65. The lowest BCUT2D eigenvalue weighted by Gasteiger charge is -2.33. The van der Waals surface area contributed by atoms with E-state index in [-0.39, 0.29) is 17.7 Å². The average molecular weight is 249 g/mol. The van der Waals surface area contributed by atoms with Crippen molar-refractivity contribution in [2.75, 3.05) is 13.1 Å². The van der Waals surface area contributed by atoms with Gasteiger partial charge in [-0.2, -0.15) is 0 Å². The van der Waals surface area contributed by atoms with Crippen molar-refractivity contribution in [3.05, 3.63) is 12.2 Å². The molecule has 0 radical (unpaired) electrons. The van der Waals surface area contributed by atoms with Crippen molar-refractivity contribution < 1.29 is 14.7 Å². The third kappa shape index (κ3) is 1.93. The van der Waals surface area contributed by atoms with Crippen LogP contribution in [0, 0.1) is 23.7 Å². The van der Waals surface area contributed by atoms with Gasteiger partial charge in [0.2, 0.25) is 5.91 Å². The van der Waals surface area contributed by atoms with E-state index < -0.39 is 5.97 Å². The second-order valence-electron chi connectivity index (χ2n) is 5.82. The summed E-state index contributed by atoms with van der Waals surface area (Å²) in [6.45, 7) is 1.24. The predicted octanol–water partition coefficient (Wildman–Crippen LogP) is 1.52. The first-order valence-corrected chi connectivity index (χ1v) is 6.85. The Balaban J connectivity index is 1.58. The van der Waals surface area contributed by atoms with Crippen LogP contribution in [0.1, 0.15) is 25.7 Å². The van der Waals surface area contributed by atoms with Gasteiger partial charge in [0.15, 0.2) is 0 Å². The molecule has 1 N–H and O–H groups in total. The molecule has 0 spiro atoms. The number of rotatable bonds is 2. The third-order valence-electron chi connectivity index (χ3n) is 4.75. The van der Waals surface area contributed by atoms with E-state index in [2.05, 4.69) is 12.2 Å². The van der Waals surface area contributed by atoms with Crippen LogP contribution in [-0.2, 0) is 9.59 Å². The number of carboxylic acid groups (broad SMARTS) is 1. The van der Waals surface area contributed by atoms with Crippen molar-refractivity contribution in [2.24, 2.45) is 23.7 Å². The van der Waals surface area contributed by atoms with Crippen LogP contribution in [0.15, 0.2) is 12.2 Å². The van der Waals surface area contributed by atoms with Gasteiger partial charge in [-0.3, -0.25) is 9.59 Å². The van der Waals surface area contributed by atoms with E-state index in [1.165, 1.54) is 0 Å². The number of carboxylic acids is 1. The summed E-state index contributed by atoms with van der Waals surface area (Å²) in [5.74, 6) is 0.510. The Hall–Kier alpha value is -1.32. The lowest BCUT2D eigenvalue weighted by atomic mass is 9.90. The van der Waals surface area contributed by atoms with E-state index in [9.17, 15) is 9.59 Å². The molecule has 3 aliphatic rings. The molecule has 2 bridgehead atoms. The zero-order chi connectivity index (χ0) is 12.7. The zero-order valence-corrected chi connectivity index (χ0v) is 10.4. The molecule has 3 rings (SSSR count). The van der Waals surface area contributed by atoms with Gasteiger partial charge < -0.3 is 10.0 Å². The molecule has 3 atom stereocenters. The Labute approximate surface area is 107 Å². The molecule has 1 saturated carbocycles. The Bertz CT molecular complexity index is 396. The van der Waals surface area contributed by atoms with Crippen LogP contribution >= 0.6 is 0 Å². The molecule has 4 nitrogen and oxygen atoms in total. The Morgan fingerprint density at radius 2 is 1.83 bits per heavy atom. The van der Waals surface area contributed by atoms with Crippen molar-refractivity contribution in [2.45, 2.75) is 25.7 Å². The molecule has 1 heterocycles. The van der Waals surface area contributed by atoms with Crippen molar-refractivity contribution in [3.63, 3.8) is 0 Å². The van der Waals surface area contributed by atoms with E-state index in [0.717, 1.165) is 12.8 Å². The molecule has 1 saturated heterocycles. The molecule has 0 aromatic carbocycles. The maximum Gasteiger partial charge on any atom is 0.306 e. The number of carbonyl (C=O) groups excluding carboxylic acids is 1. The molecule has 3 unspecified atom stereocenters. The molecule has 98 valence electrons. The number of piperidine rings is 1. The number of allylic oxidation sites excluding steroid dienone is 2. The molecule has 4 heteroatoms. The van der Waals surface area contributed by atoms with Crippen LogP contribution in [0.5, 0.6) is 0 Å². The molecule has 0 aromatic heterocycles. The second kappa shape index (κ2) is 4.41. The highest BCUT2D eigenvalue weighted by Gasteiger charge is 2.42. The summed E-state index contributed by atoms with van der Waals surface area (Å²) in [7, 11) is 0. The first-order chi connectivity index (χ1) is 8.65. The summed E-state index contributed by atoms with van der Waals surface area (Å²) in [5.41, 5.74) is 0. The predicted molar refractivity (Wildman–Crippen MR) is 65.8 cm³/mol. The molecule has 18 heavy (non-hydrogen) atoms. The maximum absolute atomic E-state index is 12.4. The topological polar surface area (TPSA) is 57.6 Å².